The molecule has 0 bridgehead atoms. The molecule has 0 saturated carbocycles. The maximum absolute atomic E-state index is 13.2. The smallest absolute Gasteiger partial charge is 0.136 e. The highest BCUT2D eigenvalue weighted by Crippen LogP contribution is 2.34. The third kappa shape index (κ3) is 1.52. The van der Waals surface area contributed by atoms with Crippen molar-refractivity contribution < 1.29 is 31.9 Å². The average Bonchev–Trinajstić information content (AvgIpc) is 2.28. The fourth-order valence-electron chi connectivity index (χ4n) is 0.713. The highest BCUT2D eigenvalue weighted by atomic mass is 16.8. The van der Waals surface area contributed by atoms with E-state index in [0.717, 1.165) is 0 Å². The van der Waals surface area contributed by atoms with E-state index in [4.69, 9.17) is 21.9 Å². The molecule has 0 unspecified atom stereocenters. The summed E-state index contributed by atoms with van der Waals surface area (Å²) in [5, 5.41) is 11.6. The van der Waals surface area contributed by atoms with Crippen LogP contribution in [0.1, 0.15) is 62.1 Å². The van der Waals surface area contributed by atoms with Crippen LogP contribution in [0.2, 0.25) is 0 Å². The van der Waals surface area contributed by atoms with E-state index in [1.165, 1.54) is 0 Å². The minimum atomic E-state index is -4.52. The third-order valence-corrected chi connectivity index (χ3v) is 1.20. The van der Waals surface area contributed by atoms with Crippen LogP contribution >= 0.6 is 0 Å². The molecule has 69 valence electrons. The number of carbonyl (C=O) groups excluding carboxylic acids is 1. The maximum atomic E-state index is 13.2. The fraction of sp³-hybridized carbons (Fsp3) is 0.889. The van der Waals surface area contributed by atoms with Gasteiger partial charge in [-0.05, 0) is 27.4 Å². The normalized spacial score (nSPS) is 61.2. The minimum Gasteiger partial charge on any atom is -0.300 e. The second-order valence-corrected chi connectivity index (χ2v) is 2.29. The summed E-state index contributed by atoms with van der Waals surface area (Å²) in [6.07, 6.45) is -8.62. The average molecular weight is 187 g/mol. The molecule has 1 rings (SSSR count). The Morgan fingerprint density at radius 3 is 2.08 bits per heavy atom. The summed E-state index contributed by atoms with van der Waals surface area (Å²) < 4.78 is 121. The molecule has 0 aromatic carbocycles. The first-order valence-corrected chi connectivity index (χ1v) is 2.83. The van der Waals surface area contributed by atoms with Crippen molar-refractivity contribution >= 4 is 5.78 Å². The number of rotatable bonds is 0. The van der Waals surface area contributed by atoms with Crippen LogP contribution in [0.25, 0.3) is 0 Å². The predicted molar refractivity (Wildman–Crippen MR) is 44.9 cm³/mol. The van der Waals surface area contributed by atoms with Gasteiger partial charge in [-0.15, -0.1) is 10.3 Å². The van der Waals surface area contributed by atoms with Crippen LogP contribution in [0.3, 0.4) is 0 Å². The Morgan fingerprint density at radius 1 is 1.33 bits per heavy atom. The lowest BCUT2D eigenvalue weighted by molar-refractivity contribution is -0.280. The zero-order valence-corrected chi connectivity index (χ0v) is 5.76. The van der Waals surface area contributed by atoms with Crippen molar-refractivity contribution in [3.63, 3.8) is 0 Å². The van der Waals surface area contributed by atoms with Crippen LogP contribution in [0.15, 0.2) is 0 Å². The van der Waals surface area contributed by atoms with Gasteiger partial charge in [0.05, 0.1) is 11.1 Å². The second-order valence-electron chi connectivity index (χ2n) is 2.29. The molecule has 1 heterocycles. The number of carbonyl (C=O) groups is 1. The molecule has 0 aromatic heterocycles. The number of hydrogen-bond donors (Lipinski definition) is 0. The van der Waals surface area contributed by atoms with Crippen molar-refractivity contribution in [3.8, 4) is 0 Å². The van der Waals surface area contributed by atoms with Gasteiger partial charge in [0.15, 0.2) is 0 Å². The molecule has 12 heavy (non-hydrogen) atoms. The first-order valence-electron chi connectivity index (χ1n) is 10.8. The van der Waals surface area contributed by atoms with E-state index in [0.29, 0.717) is 0 Å². The molecule has 1 radical (unpaired) electrons. The predicted octanol–water partition coefficient (Wildman–Crippen LogP) is 1.55. The SMILES string of the molecule is [2H]C([2H])([2H])C1(C([2H])([2H])[2H])[15N]([O])C(C([2H])([2H])[2H])(C([2H])([2H])[2H])C([2H])([2H])C(=O)C1([2H])[2H]. The van der Waals surface area contributed by atoms with E-state index in [1.54, 1.807) is 0 Å². The molecule has 1 aliphatic heterocycles. The Bertz CT molecular complexity index is 569. The first kappa shape index (κ1) is 1.71. The zero-order valence-electron chi connectivity index (χ0n) is 21.8. The largest absolute Gasteiger partial charge is 0.300 e. The van der Waals surface area contributed by atoms with Crippen molar-refractivity contribution in [2.75, 3.05) is 0 Å². The Kier molecular flexibility index (Phi) is 0.361. The zero-order chi connectivity index (χ0) is 23.2. The van der Waals surface area contributed by atoms with E-state index in [-0.39, 0.29) is 0 Å². The van der Waals surface area contributed by atoms with E-state index in [9.17, 15) is 10.0 Å². The van der Waals surface area contributed by atoms with Crippen LogP contribution < -0.4 is 0 Å². The highest BCUT2D eigenvalue weighted by Gasteiger charge is 2.45. The summed E-state index contributed by atoms with van der Waals surface area (Å²) >= 11 is 0. The lowest BCUT2D eigenvalue weighted by atomic mass is 9.85. The third-order valence-electron chi connectivity index (χ3n) is 1.20. The molecule has 3 heteroatoms. The van der Waals surface area contributed by atoms with Crippen molar-refractivity contribution in [2.24, 2.45) is 0 Å². The van der Waals surface area contributed by atoms with Gasteiger partial charge in [0.1, 0.15) is 5.78 Å². The summed E-state index contributed by atoms with van der Waals surface area (Å²) in [5.74, 6) is -2.58. The second kappa shape index (κ2) is 2.54. The fourth-order valence-corrected chi connectivity index (χ4v) is 0.713. The number of hydroxylamine groups is 2. The van der Waals surface area contributed by atoms with Crippen molar-refractivity contribution in [2.45, 2.75) is 51.2 Å². The number of hydrogen-bond acceptors (Lipinski definition) is 2. The molecule has 1 fully saturated rings. The van der Waals surface area contributed by atoms with Gasteiger partial charge in [-0.25, -0.2) is 0 Å². The Morgan fingerprint density at radius 2 is 1.75 bits per heavy atom. The molecule has 0 atom stereocenters. The van der Waals surface area contributed by atoms with Gasteiger partial charge in [0.2, 0.25) is 0 Å². The lowest BCUT2D eigenvalue weighted by Gasteiger charge is -2.45. The number of ketones is 1. The van der Waals surface area contributed by atoms with E-state index < -0.39 is 62.1 Å². The van der Waals surface area contributed by atoms with E-state index >= 15 is 0 Å². The van der Waals surface area contributed by atoms with Crippen LogP contribution in [-0.2, 0) is 10.0 Å². The van der Waals surface area contributed by atoms with Crippen LogP contribution in [0, 0.1) is 0 Å². The van der Waals surface area contributed by atoms with Gasteiger partial charge in [0, 0.05) is 34.7 Å². The molecule has 0 spiro atoms. The molecule has 0 aliphatic carbocycles. The molecule has 0 amide bonds. The van der Waals surface area contributed by atoms with E-state index in [2.05, 4.69) is 0 Å². The van der Waals surface area contributed by atoms with Gasteiger partial charge in [-0.3, -0.25) is 4.79 Å². The molecule has 1 saturated heterocycles. The van der Waals surface area contributed by atoms with Crippen molar-refractivity contribution in [3.05, 3.63) is 0 Å². The van der Waals surface area contributed by atoms with Crippen LogP contribution in [0.5, 0.6) is 0 Å². The van der Waals surface area contributed by atoms with Gasteiger partial charge in [0.25, 0.3) is 0 Å². The maximum Gasteiger partial charge on any atom is 0.136 e. The molecule has 0 N–H and O–H groups in total. The van der Waals surface area contributed by atoms with Crippen LogP contribution in [0.4, 0.5) is 0 Å². The minimum absolute atomic E-state index is 1.55. The molecule has 3 nitrogen and oxygen atoms in total. The lowest BCUT2D eigenvalue weighted by Crippen LogP contribution is -2.58. The number of Topliss-reactive ketones (excluding diaryl/α,β-unsaturated/α-hetero) is 1. The highest BCUT2D eigenvalue weighted by molar-refractivity contribution is 5.81. The molecule has 0 aromatic rings. The Balaban J connectivity index is 4.41. The van der Waals surface area contributed by atoms with Gasteiger partial charge >= 0.3 is 0 Å². The summed E-state index contributed by atoms with van der Waals surface area (Å²) in [5.41, 5.74) is -9.03. The van der Waals surface area contributed by atoms with Crippen molar-refractivity contribution in [1.82, 2.24) is 5.06 Å². The Hall–Kier alpha value is -0.410. The summed E-state index contributed by atoms with van der Waals surface area (Å²) in [6, 6.07) is 0. The van der Waals surface area contributed by atoms with E-state index in [1.807, 2.05) is 0 Å². The summed E-state index contributed by atoms with van der Waals surface area (Å²) in [7, 11) is 0. The standard InChI is InChI=1S/C9H16NO2/c1-8(2)5-7(11)6-9(3,4)10(8)12/h5-6H2,1-4H3/i1D3,2D3,3D3,4D3,5D2,6D2,10+1. The first-order chi connectivity index (χ1) is 11.8. The summed E-state index contributed by atoms with van der Waals surface area (Å²) in [4.78, 5) is 12.6. The van der Waals surface area contributed by atoms with Gasteiger partial charge in [-0.1, -0.05) is 0 Å². The van der Waals surface area contributed by atoms with Gasteiger partial charge < -0.3 is 0 Å². The number of piperidine rings is 1. The van der Waals surface area contributed by atoms with Crippen molar-refractivity contribution in [1.29, 1.82) is 0 Å². The molecule has 1 aliphatic rings. The quantitative estimate of drug-likeness (QED) is 0.540. The number of nitrogens with zero attached hydrogens (tertiary/aromatic N) is 1. The Labute approximate surface area is 95.8 Å². The molecular weight excluding hydrogens is 155 g/mol. The monoisotopic (exact) mass is 187 g/mol. The van der Waals surface area contributed by atoms with Gasteiger partial charge in [-0.2, -0.15) is 0 Å². The van der Waals surface area contributed by atoms with Crippen LogP contribution in [-0.4, -0.2) is 21.9 Å². The topological polar surface area (TPSA) is 40.2 Å². The molecular formula is C9H16NO2. The summed E-state index contributed by atoms with van der Waals surface area (Å²) in [6.45, 7) is -17.1.